The Morgan fingerprint density at radius 2 is 2.15 bits per heavy atom. The lowest BCUT2D eigenvalue weighted by atomic mass is 10.0. The average Bonchev–Trinajstić information content (AvgIpc) is 3.60. The van der Waals surface area contributed by atoms with Crippen LogP contribution in [0.1, 0.15) is 25.4 Å². The number of fused-ring (bicyclic) bond motifs is 1. The van der Waals surface area contributed by atoms with Crippen molar-refractivity contribution in [1.82, 2.24) is 24.6 Å². The van der Waals surface area contributed by atoms with Gasteiger partial charge in [0.25, 0.3) is 11.8 Å². The molecule has 4 atom stereocenters. The van der Waals surface area contributed by atoms with Gasteiger partial charge in [0.1, 0.15) is 30.1 Å². The van der Waals surface area contributed by atoms with Crippen LogP contribution in [0.2, 0.25) is 0 Å². The fourth-order valence-electron chi connectivity index (χ4n) is 3.79. The van der Waals surface area contributed by atoms with Crippen LogP contribution in [0.15, 0.2) is 31.7 Å². The third kappa shape index (κ3) is 6.97. The molecule has 2 aliphatic rings. The van der Waals surface area contributed by atoms with Gasteiger partial charge in [0, 0.05) is 23.6 Å². The molecule has 15 nitrogen and oxygen atoms in total. The number of ether oxygens (including phenoxy) is 3. The predicted molar refractivity (Wildman–Crippen MR) is 147 cm³/mol. The SMILES string of the molecule is CCOC(=O)OC(C)OC(=O)C1=C(CSc2nc(C)ns2)C[S+]([O-])[C@@H]2C(NC(=O)/C(=N\OC)c3cscn3)C(=O)N12. The van der Waals surface area contributed by atoms with E-state index in [2.05, 4.69) is 24.8 Å². The number of carbonyl (C=O) groups is 4. The number of aromatic nitrogens is 3. The second kappa shape index (κ2) is 13.6. The summed E-state index contributed by atoms with van der Waals surface area (Å²) in [5.74, 6) is -1.80. The van der Waals surface area contributed by atoms with Gasteiger partial charge in [-0.15, -0.1) is 11.3 Å². The van der Waals surface area contributed by atoms with E-state index >= 15 is 0 Å². The van der Waals surface area contributed by atoms with Gasteiger partial charge in [0.15, 0.2) is 16.1 Å². The summed E-state index contributed by atoms with van der Waals surface area (Å²) >= 11 is 1.94. The van der Waals surface area contributed by atoms with Crippen molar-refractivity contribution in [3.05, 3.63) is 33.7 Å². The zero-order valence-corrected chi connectivity index (χ0v) is 25.3. The minimum atomic E-state index is -1.70. The maximum absolute atomic E-state index is 13.3. The van der Waals surface area contributed by atoms with E-state index in [1.54, 1.807) is 19.2 Å². The fourth-order valence-corrected chi connectivity index (χ4v) is 7.80. The number of nitrogens with zero attached hydrogens (tertiary/aromatic N) is 5. The third-order valence-electron chi connectivity index (χ3n) is 5.43. The highest BCUT2D eigenvalue weighted by Crippen LogP contribution is 2.39. The van der Waals surface area contributed by atoms with Crippen molar-refractivity contribution in [2.24, 2.45) is 5.16 Å². The zero-order valence-electron chi connectivity index (χ0n) is 22.1. The van der Waals surface area contributed by atoms with Crippen LogP contribution >= 0.6 is 34.6 Å². The van der Waals surface area contributed by atoms with Gasteiger partial charge < -0.3 is 28.9 Å². The highest BCUT2D eigenvalue weighted by atomic mass is 32.2. The number of thioether (sulfide) groups is 1. The number of hydrogen-bond acceptors (Lipinski definition) is 16. The molecule has 1 N–H and O–H groups in total. The molecule has 0 saturated carbocycles. The minimum Gasteiger partial charge on any atom is -0.614 e. The van der Waals surface area contributed by atoms with E-state index in [1.807, 2.05) is 0 Å². The summed E-state index contributed by atoms with van der Waals surface area (Å²) in [6, 6.07) is -1.22. The van der Waals surface area contributed by atoms with Crippen molar-refractivity contribution < 1.29 is 42.8 Å². The molecule has 19 heteroatoms. The summed E-state index contributed by atoms with van der Waals surface area (Å²) in [6.07, 6.45) is -2.39. The first-order chi connectivity index (χ1) is 19.6. The van der Waals surface area contributed by atoms with Gasteiger partial charge in [-0.25, -0.2) is 19.6 Å². The summed E-state index contributed by atoms with van der Waals surface area (Å²) < 4.78 is 33.0. The Morgan fingerprint density at radius 1 is 1.37 bits per heavy atom. The van der Waals surface area contributed by atoms with Gasteiger partial charge in [-0.05, 0) is 36.6 Å². The number of amides is 2. The van der Waals surface area contributed by atoms with E-state index < -0.39 is 52.8 Å². The first kappa shape index (κ1) is 30.7. The zero-order chi connectivity index (χ0) is 29.7. The van der Waals surface area contributed by atoms with Crippen LogP contribution < -0.4 is 5.32 Å². The van der Waals surface area contributed by atoms with Gasteiger partial charge >= 0.3 is 12.1 Å². The fraction of sp³-hybridized carbons (Fsp3) is 0.455. The van der Waals surface area contributed by atoms with Crippen molar-refractivity contribution in [3.8, 4) is 0 Å². The van der Waals surface area contributed by atoms with Crippen molar-refractivity contribution in [1.29, 1.82) is 0 Å². The Labute approximate surface area is 249 Å². The van der Waals surface area contributed by atoms with E-state index in [0.717, 1.165) is 16.4 Å². The van der Waals surface area contributed by atoms with Crippen molar-refractivity contribution in [2.45, 2.75) is 42.8 Å². The molecular weight excluding hydrogens is 621 g/mol. The quantitative estimate of drug-likeness (QED) is 0.0697. The second-order valence-corrected chi connectivity index (χ2v) is 12.4. The molecule has 2 aromatic rings. The number of rotatable bonds is 11. The van der Waals surface area contributed by atoms with E-state index in [4.69, 9.17) is 19.0 Å². The number of carbonyl (C=O) groups excluding carboxylic acids is 4. The van der Waals surface area contributed by atoms with Crippen LogP contribution in [0.25, 0.3) is 0 Å². The Kier molecular flexibility index (Phi) is 10.2. The van der Waals surface area contributed by atoms with E-state index in [-0.39, 0.29) is 35.2 Å². The topological polar surface area (TPSA) is 195 Å². The Bertz CT molecular complexity index is 1360. The van der Waals surface area contributed by atoms with Crippen LogP contribution in [-0.4, -0.2) is 96.4 Å². The smallest absolute Gasteiger partial charge is 0.511 e. The Balaban J connectivity index is 1.57. The number of nitrogens with one attached hydrogen (secondary N) is 1. The number of hydrogen-bond donors (Lipinski definition) is 1. The standard InChI is InChI=1S/C22H24N6O9S4/c1-5-35-22(32)37-11(3)36-20(31)16-12(6-39-21-24-10(2)27-40-21)8-41(33)19-15(18(30)28(16)19)25-17(29)14(26-34-4)13-7-38-9-23-13/h7,9,11,15,19H,5-6,8H2,1-4H3,(H,25,29)/b26-14-/t11?,15?,19-,41?/m1/s1. The third-order valence-corrected chi connectivity index (χ3v) is 9.69. The Hall–Kier alpha value is -3.26. The summed E-state index contributed by atoms with van der Waals surface area (Å²) in [7, 11) is 1.25. The van der Waals surface area contributed by atoms with Gasteiger partial charge in [0.05, 0.1) is 12.1 Å². The molecule has 2 aliphatic heterocycles. The normalized spacial score (nSPS) is 21.0. The second-order valence-electron chi connectivity index (χ2n) is 8.19. The molecular formula is C22H24N6O9S4. The monoisotopic (exact) mass is 644 g/mol. The highest BCUT2D eigenvalue weighted by Gasteiger charge is 2.61. The van der Waals surface area contributed by atoms with Crippen molar-refractivity contribution in [2.75, 3.05) is 25.2 Å². The molecule has 2 amide bonds. The first-order valence-electron chi connectivity index (χ1n) is 11.8. The van der Waals surface area contributed by atoms with Gasteiger partial charge in [-0.1, -0.05) is 16.9 Å². The molecule has 4 heterocycles. The lowest BCUT2D eigenvalue weighted by Gasteiger charge is -2.49. The van der Waals surface area contributed by atoms with Crippen LogP contribution in [0, 0.1) is 6.92 Å². The van der Waals surface area contributed by atoms with Gasteiger partial charge in [-0.2, -0.15) is 4.37 Å². The maximum atomic E-state index is 13.3. The summed E-state index contributed by atoms with van der Waals surface area (Å²) in [5, 5.41) is 6.75. The molecule has 0 aromatic carbocycles. The first-order valence-corrected chi connectivity index (χ1v) is 15.9. The summed E-state index contributed by atoms with van der Waals surface area (Å²) in [5.41, 5.74) is 1.76. The van der Waals surface area contributed by atoms with E-state index in [1.165, 1.54) is 42.6 Å². The van der Waals surface area contributed by atoms with Crippen LogP contribution in [-0.2, 0) is 44.6 Å². The lowest BCUT2D eigenvalue weighted by molar-refractivity contribution is -0.169. The summed E-state index contributed by atoms with van der Waals surface area (Å²) in [6.45, 7) is 4.68. The molecule has 1 fully saturated rings. The number of β-lactam (4-membered cyclic amide) rings is 1. The minimum absolute atomic E-state index is 0.0548. The number of esters is 1. The van der Waals surface area contributed by atoms with Crippen molar-refractivity contribution in [3.63, 3.8) is 0 Å². The Morgan fingerprint density at radius 3 is 2.78 bits per heavy atom. The average molecular weight is 645 g/mol. The van der Waals surface area contributed by atoms with Crippen molar-refractivity contribution >= 4 is 75.5 Å². The molecule has 0 bridgehead atoms. The number of oxime groups is 1. The van der Waals surface area contributed by atoms with Gasteiger partial charge in [0.2, 0.25) is 11.7 Å². The molecule has 1 saturated heterocycles. The number of thiazole rings is 1. The molecule has 0 radical (unpaired) electrons. The molecule has 220 valence electrons. The largest absolute Gasteiger partial charge is 0.614 e. The maximum Gasteiger partial charge on any atom is 0.511 e. The van der Waals surface area contributed by atoms with Gasteiger partial charge in [-0.3, -0.25) is 14.5 Å². The van der Waals surface area contributed by atoms with E-state index in [0.29, 0.717) is 15.7 Å². The highest BCUT2D eigenvalue weighted by molar-refractivity contribution is 8.01. The van der Waals surface area contributed by atoms with Crippen LogP contribution in [0.3, 0.4) is 0 Å². The molecule has 41 heavy (non-hydrogen) atoms. The molecule has 0 spiro atoms. The summed E-state index contributed by atoms with van der Waals surface area (Å²) in [4.78, 5) is 65.4. The molecule has 2 aromatic heterocycles. The molecule has 0 aliphatic carbocycles. The lowest BCUT2D eigenvalue weighted by Crippen LogP contribution is -2.75. The number of aryl methyl sites for hydroxylation is 1. The van der Waals surface area contributed by atoms with Crippen LogP contribution in [0.4, 0.5) is 4.79 Å². The van der Waals surface area contributed by atoms with Crippen LogP contribution in [0.5, 0.6) is 0 Å². The molecule has 4 rings (SSSR count). The van der Waals surface area contributed by atoms with E-state index in [9.17, 15) is 23.7 Å². The predicted octanol–water partition coefficient (Wildman–Crippen LogP) is 1.18. The molecule has 3 unspecified atom stereocenters.